The van der Waals surface area contributed by atoms with Crippen LogP contribution in [-0.2, 0) is 12.6 Å². The van der Waals surface area contributed by atoms with Crippen molar-refractivity contribution < 1.29 is 22.7 Å². The van der Waals surface area contributed by atoms with Crippen molar-refractivity contribution in [3.8, 4) is 5.88 Å². The lowest BCUT2D eigenvalue weighted by Gasteiger charge is -2.34. The average Bonchev–Trinajstić information content (AvgIpc) is 3.20. The van der Waals surface area contributed by atoms with Gasteiger partial charge in [0.15, 0.2) is 5.69 Å². The predicted octanol–water partition coefficient (Wildman–Crippen LogP) is 4.75. The molecule has 0 unspecified atom stereocenters. The summed E-state index contributed by atoms with van der Waals surface area (Å²) < 4.78 is 48.4. The molecule has 1 amide bonds. The quantitative estimate of drug-likeness (QED) is 0.481. The number of aromatic nitrogens is 4. The molecular formula is C24H27F3N6O2S. The largest absolute Gasteiger partial charge is 0.474 e. The Bertz CT molecular complexity index is 1170. The Balaban J connectivity index is 1.37. The van der Waals surface area contributed by atoms with Crippen LogP contribution in [0.15, 0.2) is 30.7 Å². The summed E-state index contributed by atoms with van der Waals surface area (Å²) in [5, 5.41) is 2.81. The Kier molecular flexibility index (Phi) is 7.84. The van der Waals surface area contributed by atoms with Gasteiger partial charge in [-0.2, -0.15) is 17.5 Å². The third kappa shape index (κ3) is 6.35. The maximum absolute atomic E-state index is 13.0. The van der Waals surface area contributed by atoms with Crippen molar-refractivity contribution in [2.45, 2.75) is 58.4 Å². The zero-order valence-electron chi connectivity index (χ0n) is 20.2. The fraction of sp³-hybridized carbons (Fsp3) is 0.458. The number of likely N-dealkylation sites (tertiary alicyclic amines) is 1. The first-order valence-corrected chi connectivity index (χ1v) is 12.4. The molecule has 0 aliphatic carbocycles. The summed E-state index contributed by atoms with van der Waals surface area (Å²) in [6.45, 7) is 8.06. The van der Waals surface area contributed by atoms with Crippen LogP contribution in [0.5, 0.6) is 5.88 Å². The van der Waals surface area contributed by atoms with Crippen molar-refractivity contribution in [3.05, 3.63) is 58.2 Å². The van der Waals surface area contributed by atoms with E-state index in [0.29, 0.717) is 45.6 Å². The Labute approximate surface area is 211 Å². The molecule has 8 nitrogen and oxygen atoms in total. The van der Waals surface area contributed by atoms with E-state index in [0.717, 1.165) is 43.7 Å². The highest BCUT2D eigenvalue weighted by atomic mass is 32.1. The molecule has 0 atom stereocenters. The standard InChI is InChI=1S/C24H27F3N6O2S/c1-14(2)33-8-6-18(7-9-33)35-21-5-4-16(11-30-21)31-23(34)22-15(3)32-36-19(22)10-17-12-29-20(13-28-17)24(25,26)27/h4-5,11-14,18H,6-10H2,1-3H3,(H,31,34). The third-order valence-electron chi connectivity index (χ3n) is 5.99. The Morgan fingerprint density at radius 2 is 1.92 bits per heavy atom. The molecule has 4 rings (SSSR count). The van der Waals surface area contributed by atoms with Crippen LogP contribution in [0.2, 0.25) is 0 Å². The first kappa shape index (κ1) is 26.0. The second-order valence-electron chi connectivity index (χ2n) is 8.92. The number of carbonyl (C=O) groups excluding carboxylic acids is 1. The molecule has 0 bridgehead atoms. The minimum Gasteiger partial charge on any atom is -0.474 e. The first-order chi connectivity index (χ1) is 17.1. The van der Waals surface area contributed by atoms with E-state index in [9.17, 15) is 18.0 Å². The van der Waals surface area contributed by atoms with Crippen LogP contribution < -0.4 is 10.1 Å². The number of carbonyl (C=O) groups is 1. The lowest BCUT2D eigenvalue weighted by molar-refractivity contribution is -0.141. The number of hydrogen-bond donors (Lipinski definition) is 1. The maximum atomic E-state index is 13.0. The highest BCUT2D eigenvalue weighted by Crippen LogP contribution is 2.28. The molecule has 1 aliphatic heterocycles. The number of rotatable bonds is 7. The van der Waals surface area contributed by atoms with Crippen LogP contribution in [0, 0.1) is 6.92 Å². The topological polar surface area (TPSA) is 93.1 Å². The summed E-state index contributed by atoms with van der Waals surface area (Å²) >= 11 is 1.10. The summed E-state index contributed by atoms with van der Waals surface area (Å²) in [6, 6.07) is 3.97. The van der Waals surface area contributed by atoms with Gasteiger partial charge in [-0.3, -0.25) is 9.78 Å². The summed E-state index contributed by atoms with van der Waals surface area (Å²) in [4.78, 5) is 27.6. The molecule has 36 heavy (non-hydrogen) atoms. The van der Waals surface area contributed by atoms with Crippen LogP contribution in [0.25, 0.3) is 0 Å². The minimum absolute atomic E-state index is 0.114. The summed E-state index contributed by atoms with van der Waals surface area (Å²) in [7, 11) is 0. The molecule has 0 aromatic carbocycles. The van der Waals surface area contributed by atoms with Gasteiger partial charge in [0.25, 0.3) is 5.91 Å². The SMILES string of the molecule is Cc1nsc(Cc2cnc(C(F)(F)F)cn2)c1C(=O)Nc1ccc(OC2CCN(C(C)C)CC2)nc1. The van der Waals surface area contributed by atoms with Crippen molar-refractivity contribution in [2.24, 2.45) is 0 Å². The average molecular weight is 521 g/mol. The molecule has 0 saturated carbocycles. The van der Waals surface area contributed by atoms with Crippen LogP contribution in [0.4, 0.5) is 18.9 Å². The molecule has 3 aromatic heterocycles. The predicted molar refractivity (Wildman–Crippen MR) is 129 cm³/mol. The van der Waals surface area contributed by atoms with E-state index in [-0.39, 0.29) is 18.4 Å². The molecule has 0 spiro atoms. The molecular weight excluding hydrogens is 493 g/mol. The fourth-order valence-corrected chi connectivity index (χ4v) is 4.87. The number of aryl methyl sites for hydroxylation is 1. The number of hydrogen-bond acceptors (Lipinski definition) is 8. The Morgan fingerprint density at radius 3 is 2.50 bits per heavy atom. The van der Waals surface area contributed by atoms with Gasteiger partial charge in [-0.1, -0.05) is 0 Å². The minimum atomic E-state index is -4.56. The van der Waals surface area contributed by atoms with Crippen LogP contribution >= 0.6 is 11.5 Å². The fourth-order valence-electron chi connectivity index (χ4n) is 3.98. The van der Waals surface area contributed by atoms with Gasteiger partial charge >= 0.3 is 6.18 Å². The lowest BCUT2D eigenvalue weighted by Crippen LogP contribution is -2.41. The van der Waals surface area contributed by atoms with Crippen molar-refractivity contribution >= 4 is 23.1 Å². The molecule has 1 saturated heterocycles. The molecule has 3 aromatic rings. The smallest absolute Gasteiger partial charge is 0.434 e. The second kappa shape index (κ2) is 10.9. The van der Waals surface area contributed by atoms with E-state index in [1.165, 1.54) is 6.20 Å². The number of pyridine rings is 1. The summed E-state index contributed by atoms with van der Waals surface area (Å²) in [6.07, 6.45) is 0.859. The van der Waals surface area contributed by atoms with Crippen molar-refractivity contribution in [2.75, 3.05) is 18.4 Å². The zero-order valence-corrected chi connectivity index (χ0v) is 21.0. The maximum Gasteiger partial charge on any atom is 0.434 e. The summed E-state index contributed by atoms with van der Waals surface area (Å²) in [5.41, 5.74) is 0.619. The normalized spacial score (nSPS) is 15.3. The monoisotopic (exact) mass is 520 g/mol. The number of piperidine rings is 1. The molecule has 1 N–H and O–H groups in total. The summed E-state index contributed by atoms with van der Waals surface area (Å²) in [5.74, 6) is 0.124. The Morgan fingerprint density at radius 1 is 1.17 bits per heavy atom. The van der Waals surface area contributed by atoms with Gasteiger partial charge < -0.3 is 15.0 Å². The van der Waals surface area contributed by atoms with Crippen LogP contribution in [-0.4, -0.2) is 55.4 Å². The van der Waals surface area contributed by atoms with Gasteiger partial charge in [-0.25, -0.2) is 9.97 Å². The third-order valence-corrected chi connectivity index (χ3v) is 6.92. The van der Waals surface area contributed by atoms with Crippen molar-refractivity contribution in [3.63, 3.8) is 0 Å². The number of anilines is 1. The van der Waals surface area contributed by atoms with E-state index >= 15 is 0 Å². The van der Waals surface area contributed by atoms with E-state index in [1.807, 2.05) is 0 Å². The number of alkyl halides is 3. The van der Waals surface area contributed by atoms with E-state index in [1.54, 1.807) is 19.1 Å². The van der Waals surface area contributed by atoms with Crippen molar-refractivity contribution in [1.82, 2.24) is 24.2 Å². The van der Waals surface area contributed by atoms with E-state index < -0.39 is 11.9 Å². The van der Waals surface area contributed by atoms with Crippen molar-refractivity contribution in [1.29, 1.82) is 0 Å². The number of nitrogens with zero attached hydrogens (tertiary/aromatic N) is 5. The highest BCUT2D eigenvalue weighted by Gasteiger charge is 2.33. The van der Waals surface area contributed by atoms with Crippen LogP contribution in [0.1, 0.15) is 59.0 Å². The van der Waals surface area contributed by atoms with Gasteiger partial charge in [0.05, 0.1) is 35.0 Å². The Hall–Kier alpha value is -3.12. The number of nitrogens with one attached hydrogen (secondary N) is 1. The first-order valence-electron chi connectivity index (χ1n) is 11.6. The number of ether oxygens (including phenoxy) is 1. The highest BCUT2D eigenvalue weighted by molar-refractivity contribution is 7.06. The van der Waals surface area contributed by atoms with Gasteiger partial charge in [0.2, 0.25) is 5.88 Å². The molecule has 1 fully saturated rings. The number of amides is 1. The van der Waals surface area contributed by atoms with E-state index in [2.05, 4.69) is 43.4 Å². The van der Waals surface area contributed by atoms with Crippen LogP contribution in [0.3, 0.4) is 0 Å². The number of halogens is 3. The molecule has 0 radical (unpaired) electrons. The molecule has 12 heteroatoms. The van der Waals surface area contributed by atoms with Gasteiger partial charge in [0, 0.05) is 42.7 Å². The molecule has 1 aliphatic rings. The lowest BCUT2D eigenvalue weighted by atomic mass is 10.1. The van der Waals surface area contributed by atoms with Gasteiger partial charge in [-0.15, -0.1) is 0 Å². The molecule has 192 valence electrons. The van der Waals surface area contributed by atoms with Gasteiger partial charge in [-0.05, 0) is 51.2 Å². The molecule has 4 heterocycles. The zero-order chi connectivity index (χ0) is 25.9. The van der Waals surface area contributed by atoms with Gasteiger partial charge in [0.1, 0.15) is 6.10 Å². The second-order valence-corrected chi connectivity index (χ2v) is 9.78. The van der Waals surface area contributed by atoms with E-state index in [4.69, 9.17) is 4.74 Å².